The molecule has 11 nitrogen and oxygen atoms in total. The van der Waals surface area contributed by atoms with Crippen LogP contribution in [0, 0.1) is 11.8 Å². The van der Waals surface area contributed by atoms with Crippen LogP contribution in [0.2, 0.25) is 0 Å². The lowest BCUT2D eigenvalue weighted by Crippen LogP contribution is -2.54. The number of carboxylic acids is 1. The predicted octanol–water partition coefficient (Wildman–Crippen LogP) is 6.57. The Morgan fingerprint density at radius 1 is 0.721 bits per heavy atom. The number of ketones is 2. The fraction of sp³-hybridized carbons (Fsp3) is 0.306. The number of benzene rings is 4. The predicted molar refractivity (Wildman–Crippen MR) is 234 cm³/mol. The van der Waals surface area contributed by atoms with Gasteiger partial charge in [-0.05, 0) is 90.9 Å². The summed E-state index contributed by atoms with van der Waals surface area (Å²) in [6.07, 6.45) is 0.595. The molecule has 0 saturated heterocycles. The van der Waals surface area contributed by atoms with Gasteiger partial charge in [-0.1, -0.05) is 103 Å². The number of carbonyl (C=O) groups excluding carboxylic acids is 5. The number of fused-ring (bicyclic) bond motifs is 16. The Labute approximate surface area is 359 Å². The molecule has 316 valence electrons. The van der Waals surface area contributed by atoms with Gasteiger partial charge in [0.2, 0.25) is 17.7 Å². The van der Waals surface area contributed by atoms with E-state index in [1.54, 1.807) is 24.3 Å². The van der Waals surface area contributed by atoms with Crippen LogP contribution in [-0.2, 0) is 54.5 Å². The quantitative estimate of drug-likeness (QED) is 0.116. The molecule has 2 aliphatic heterocycles. The van der Waals surface area contributed by atoms with Crippen LogP contribution in [0.3, 0.4) is 0 Å². The summed E-state index contributed by atoms with van der Waals surface area (Å²) in [6, 6.07) is 35.3. The van der Waals surface area contributed by atoms with Crippen LogP contribution >= 0.6 is 11.3 Å². The first-order valence-corrected chi connectivity index (χ1v) is 21.3. The Morgan fingerprint density at radius 2 is 1.38 bits per heavy atom. The Balaban J connectivity index is 1.35. The van der Waals surface area contributed by atoms with E-state index in [0.717, 1.165) is 27.1 Å². The molecule has 3 heterocycles. The first kappa shape index (κ1) is 44.2. The summed E-state index contributed by atoms with van der Waals surface area (Å²) in [6.45, 7) is 2.44. The average molecular weight is 842 g/mol. The number of thiophene rings is 1. The maximum Gasteiger partial charge on any atom is 0.328 e. The van der Waals surface area contributed by atoms with Crippen LogP contribution in [0.5, 0.6) is 5.75 Å². The molecule has 0 unspecified atom stereocenters. The second-order valence-corrected chi connectivity index (χ2v) is 17.1. The van der Waals surface area contributed by atoms with Crippen molar-refractivity contribution in [3.05, 3.63) is 148 Å². The highest BCUT2D eigenvalue weighted by Gasteiger charge is 2.36. The minimum absolute atomic E-state index is 0.0773. The molecule has 4 aromatic carbocycles. The van der Waals surface area contributed by atoms with Crippen molar-refractivity contribution in [2.75, 3.05) is 6.61 Å². The first-order valence-electron chi connectivity index (χ1n) is 20.5. The SMILES string of the molecule is CC(C)(NC(=O)[C@H]1CC(=O)[C@H](CCc2ccccc2)NC(=O)[C@@H](Cc2ccc(-c3ccccc3)cc2)NC(=O)[C@H](Cc2cccs2)CC(=O)COc2ccc(cc2)C1)C(=O)O. The van der Waals surface area contributed by atoms with Crippen molar-refractivity contribution >= 4 is 46.6 Å². The van der Waals surface area contributed by atoms with E-state index in [1.807, 2.05) is 102 Å². The summed E-state index contributed by atoms with van der Waals surface area (Å²) < 4.78 is 5.83. The minimum atomic E-state index is -1.62. The minimum Gasteiger partial charge on any atom is -0.486 e. The van der Waals surface area contributed by atoms with Gasteiger partial charge in [0.1, 0.15) is 23.9 Å². The van der Waals surface area contributed by atoms with Crippen molar-refractivity contribution in [2.24, 2.45) is 11.8 Å². The van der Waals surface area contributed by atoms with E-state index in [1.165, 1.54) is 25.2 Å². The fourth-order valence-corrected chi connectivity index (χ4v) is 8.07. The lowest BCUT2D eigenvalue weighted by atomic mass is 9.88. The van der Waals surface area contributed by atoms with Crippen LogP contribution in [-0.4, -0.2) is 64.6 Å². The van der Waals surface area contributed by atoms with Gasteiger partial charge in [-0.15, -0.1) is 11.3 Å². The Kier molecular flexibility index (Phi) is 15.0. The Morgan fingerprint density at radius 3 is 2.03 bits per heavy atom. The van der Waals surface area contributed by atoms with Gasteiger partial charge in [-0.25, -0.2) is 4.79 Å². The lowest BCUT2D eigenvalue weighted by Gasteiger charge is -2.27. The number of carboxylic acid groups (broad SMARTS) is 1. The van der Waals surface area contributed by atoms with Crippen LogP contribution in [0.25, 0.3) is 11.1 Å². The Bertz CT molecular complexity index is 2280. The summed E-state index contributed by atoms with van der Waals surface area (Å²) in [7, 11) is 0. The molecule has 61 heavy (non-hydrogen) atoms. The van der Waals surface area contributed by atoms with E-state index in [4.69, 9.17) is 4.74 Å². The van der Waals surface area contributed by atoms with Crippen LogP contribution < -0.4 is 20.7 Å². The zero-order chi connectivity index (χ0) is 43.4. The number of Topliss-reactive ketones (excluding diaryl/α,β-unsaturated/α-hetero) is 2. The van der Waals surface area contributed by atoms with E-state index < -0.39 is 58.9 Å². The van der Waals surface area contributed by atoms with Gasteiger partial charge >= 0.3 is 5.97 Å². The zero-order valence-corrected chi connectivity index (χ0v) is 35.1. The maximum absolute atomic E-state index is 14.6. The Hall–Kier alpha value is -6.40. The topological polar surface area (TPSA) is 168 Å². The van der Waals surface area contributed by atoms with Gasteiger partial charge in [0, 0.05) is 36.0 Å². The first-order chi connectivity index (χ1) is 29.3. The molecule has 0 aliphatic carbocycles. The third kappa shape index (κ3) is 12.8. The lowest BCUT2D eigenvalue weighted by molar-refractivity contribution is -0.147. The normalized spacial score (nSPS) is 19.4. The highest BCUT2D eigenvalue weighted by molar-refractivity contribution is 7.09. The molecule has 0 saturated carbocycles. The molecule has 2 aliphatic rings. The smallest absolute Gasteiger partial charge is 0.328 e. The molecule has 5 aromatic rings. The molecule has 0 spiro atoms. The largest absolute Gasteiger partial charge is 0.486 e. The van der Waals surface area contributed by atoms with Crippen LogP contribution in [0.1, 0.15) is 54.7 Å². The number of aryl methyl sites for hydroxylation is 1. The molecule has 2 bridgehead atoms. The molecule has 4 atom stereocenters. The van der Waals surface area contributed by atoms with E-state index in [0.29, 0.717) is 17.7 Å². The van der Waals surface area contributed by atoms with E-state index in [9.17, 15) is 33.9 Å². The fourth-order valence-electron chi connectivity index (χ4n) is 7.28. The van der Waals surface area contributed by atoms with Gasteiger partial charge < -0.3 is 25.8 Å². The van der Waals surface area contributed by atoms with Gasteiger partial charge in [0.05, 0.1) is 6.04 Å². The van der Waals surface area contributed by atoms with Crippen molar-refractivity contribution in [3.8, 4) is 16.9 Å². The molecule has 0 fully saturated rings. The number of hydrogen-bond donors (Lipinski definition) is 4. The van der Waals surface area contributed by atoms with Crippen LogP contribution in [0.4, 0.5) is 0 Å². The van der Waals surface area contributed by atoms with Gasteiger partial charge in [-0.2, -0.15) is 0 Å². The van der Waals surface area contributed by atoms with Gasteiger partial charge in [-0.3, -0.25) is 24.0 Å². The number of hydrogen-bond acceptors (Lipinski definition) is 8. The van der Waals surface area contributed by atoms with E-state index in [-0.39, 0.29) is 50.9 Å². The number of aliphatic carboxylic acids is 1. The molecule has 12 heteroatoms. The summed E-state index contributed by atoms with van der Waals surface area (Å²) >= 11 is 1.47. The van der Waals surface area contributed by atoms with Crippen molar-refractivity contribution in [2.45, 2.75) is 76.4 Å². The molecular weight excluding hydrogens is 791 g/mol. The van der Waals surface area contributed by atoms with E-state index in [2.05, 4.69) is 16.0 Å². The monoisotopic (exact) mass is 841 g/mol. The van der Waals surface area contributed by atoms with Crippen molar-refractivity contribution in [1.82, 2.24) is 16.0 Å². The molecular formula is C49H51N3O8S. The third-order valence-electron chi connectivity index (χ3n) is 10.9. The second-order valence-electron chi connectivity index (χ2n) is 16.1. The zero-order valence-electron chi connectivity index (χ0n) is 34.3. The highest BCUT2D eigenvalue weighted by Crippen LogP contribution is 2.24. The number of ether oxygens (including phenoxy) is 1. The van der Waals surface area contributed by atoms with Crippen molar-refractivity contribution in [3.63, 3.8) is 0 Å². The standard InChI is InChI=1S/C49H51N3O8S/c1-49(2,48(58)59)52-46(56)37-26-33-17-22-40(23-18-33)60-31-39(53)28-38(29-41-14-9-25-61-41)45(55)51-43(27-34-15-20-36(21-16-34)35-12-7-4-8-13-35)47(57)50-42(44(54)30-37)24-19-32-10-5-3-6-11-32/h3-18,20-23,25,37-38,42-43H,19,24,26-31H2,1-2H3,(H,50,57)(H,51,55)(H,52,56)(H,58,59)/t37-,38+,42+,43-/m1/s1. The highest BCUT2D eigenvalue weighted by atomic mass is 32.1. The number of nitrogens with one attached hydrogen (secondary N) is 3. The van der Waals surface area contributed by atoms with Gasteiger partial charge in [0.15, 0.2) is 11.6 Å². The molecule has 1 aromatic heterocycles. The van der Waals surface area contributed by atoms with E-state index >= 15 is 0 Å². The van der Waals surface area contributed by atoms with Crippen molar-refractivity contribution in [1.29, 1.82) is 0 Å². The molecule has 0 radical (unpaired) electrons. The maximum atomic E-state index is 14.6. The number of rotatable bonds is 11. The van der Waals surface area contributed by atoms with Crippen molar-refractivity contribution < 1.29 is 38.6 Å². The summed E-state index contributed by atoms with van der Waals surface area (Å²) in [4.78, 5) is 83.6. The second kappa shape index (κ2) is 20.7. The molecule has 4 N–H and O–H groups in total. The average Bonchev–Trinajstić information content (AvgIpc) is 3.77. The van der Waals surface area contributed by atoms with Crippen LogP contribution in [0.15, 0.2) is 127 Å². The molecule has 3 amide bonds. The summed E-state index contributed by atoms with van der Waals surface area (Å²) in [5.74, 6) is -5.12. The summed E-state index contributed by atoms with van der Waals surface area (Å²) in [5, 5.41) is 20.2. The molecule has 7 rings (SSSR count). The third-order valence-corrected chi connectivity index (χ3v) is 11.8. The summed E-state index contributed by atoms with van der Waals surface area (Å²) in [5.41, 5.74) is 2.74. The number of amides is 3. The van der Waals surface area contributed by atoms with Gasteiger partial charge in [0.25, 0.3) is 0 Å². The number of carbonyl (C=O) groups is 6.